The van der Waals surface area contributed by atoms with E-state index in [1.807, 2.05) is 23.2 Å². The maximum absolute atomic E-state index is 5.36. The van der Waals surface area contributed by atoms with Gasteiger partial charge in [-0.15, -0.1) is 0 Å². The number of hydrogen-bond donors (Lipinski definition) is 2. The topological polar surface area (TPSA) is 27.3 Å². The standard InChI is InChI=1S/C13H19N3S/c1-3-4-10-16-12(17)14-13(2,15-16)11-8-6-5-7-9-11/h5-9,15H,3-4,10H2,1-2H3,(H,14,17). The van der Waals surface area contributed by atoms with Crippen LogP contribution in [0.2, 0.25) is 0 Å². The summed E-state index contributed by atoms with van der Waals surface area (Å²) in [5, 5.41) is 6.17. The smallest absolute Gasteiger partial charge is 0.185 e. The van der Waals surface area contributed by atoms with E-state index in [4.69, 9.17) is 12.2 Å². The van der Waals surface area contributed by atoms with E-state index < -0.39 is 0 Å². The van der Waals surface area contributed by atoms with E-state index in [9.17, 15) is 0 Å². The van der Waals surface area contributed by atoms with Gasteiger partial charge in [0.05, 0.1) is 0 Å². The first-order chi connectivity index (χ1) is 8.15. The normalized spacial score (nSPS) is 23.9. The molecule has 0 radical (unpaired) electrons. The van der Waals surface area contributed by atoms with Crippen LogP contribution in [0.3, 0.4) is 0 Å². The van der Waals surface area contributed by atoms with Gasteiger partial charge in [-0.05, 0) is 31.1 Å². The lowest BCUT2D eigenvalue weighted by Gasteiger charge is -2.26. The second kappa shape index (κ2) is 5.02. The van der Waals surface area contributed by atoms with Crippen molar-refractivity contribution in [3.63, 3.8) is 0 Å². The molecule has 0 aromatic heterocycles. The van der Waals surface area contributed by atoms with Crippen LogP contribution in [0.4, 0.5) is 0 Å². The quantitative estimate of drug-likeness (QED) is 0.801. The van der Waals surface area contributed by atoms with Crippen molar-refractivity contribution in [3.8, 4) is 0 Å². The van der Waals surface area contributed by atoms with E-state index in [1.165, 1.54) is 12.0 Å². The van der Waals surface area contributed by atoms with E-state index in [-0.39, 0.29) is 5.66 Å². The molecule has 0 bridgehead atoms. The predicted molar refractivity (Wildman–Crippen MR) is 74.3 cm³/mol. The fourth-order valence-electron chi connectivity index (χ4n) is 2.01. The highest BCUT2D eigenvalue weighted by Gasteiger charge is 2.36. The van der Waals surface area contributed by atoms with E-state index >= 15 is 0 Å². The molecule has 1 atom stereocenters. The summed E-state index contributed by atoms with van der Waals surface area (Å²) in [5.74, 6) is 0. The number of hydrogen-bond acceptors (Lipinski definition) is 2. The summed E-state index contributed by atoms with van der Waals surface area (Å²) < 4.78 is 0. The van der Waals surface area contributed by atoms with Gasteiger partial charge in [-0.25, -0.2) is 5.43 Å². The van der Waals surface area contributed by atoms with Gasteiger partial charge in [-0.3, -0.25) is 5.01 Å². The molecule has 2 rings (SSSR count). The van der Waals surface area contributed by atoms with Crippen LogP contribution in [0.5, 0.6) is 0 Å². The third-order valence-corrected chi connectivity index (χ3v) is 3.37. The molecule has 1 heterocycles. The third kappa shape index (κ3) is 2.58. The van der Waals surface area contributed by atoms with Gasteiger partial charge in [0, 0.05) is 6.54 Å². The molecule has 17 heavy (non-hydrogen) atoms. The minimum atomic E-state index is -0.286. The molecule has 0 amide bonds. The summed E-state index contributed by atoms with van der Waals surface area (Å²) in [6.45, 7) is 5.24. The van der Waals surface area contributed by atoms with Crippen molar-refractivity contribution in [1.82, 2.24) is 15.8 Å². The molecule has 1 aliphatic rings. The van der Waals surface area contributed by atoms with Gasteiger partial charge < -0.3 is 5.32 Å². The third-order valence-electron chi connectivity index (χ3n) is 3.05. The molecule has 1 aromatic carbocycles. The lowest BCUT2D eigenvalue weighted by Crippen LogP contribution is -2.45. The molecule has 3 nitrogen and oxygen atoms in total. The van der Waals surface area contributed by atoms with Gasteiger partial charge in [-0.2, -0.15) is 0 Å². The minimum absolute atomic E-state index is 0.286. The molecule has 0 aliphatic carbocycles. The summed E-state index contributed by atoms with van der Waals surface area (Å²) in [6.07, 6.45) is 2.31. The van der Waals surface area contributed by atoms with Crippen LogP contribution in [0, 0.1) is 0 Å². The lowest BCUT2D eigenvalue weighted by molar-refractivity contribution is 0.233. The molecule has 1 aromatic rings. The van der Waals surface area contributed by atoms with Crippen molar-refractivity contribution in [2.75, 3.05) is 6.54 Å². The Morgan fingerprint density at radius 1 is 1.29 bits per heavy atom. The van der Waals surface area contributed by atoms with Crippen LogP contribution in [0.1, 0.15) is 32.3 Å². The Bertz CT molecular complexity index is 393. The van der Waals surface area contributed by atoms with Crippen LogP contribution >= 0.6 is 12.2 Å². The van der Waals surface area contributed by atoms with Crippen molar-refractivity contribution in [3.05, 3.63) is 35.9 Å². The molecule has 0 saturated carbocycles. The zero-order chi connectivity index (χ0) is 12.3. The Morgan fingerprint density at radius 2 is 2.00 bits per heavy atom. The first-order valence-electron chi connectivity index (χ1n) is 6.09. The van der Waals surface area contributed by atoms with Gasteiger partial charge >= 0.3 is 0 Å². The highest BCUT2D eigenvalue weighted by atomic mass is 32.1. The van der Waals surface area contributed by atoms with Crippen molar-refractivity contribution < 1.29 is 0 Å². The van der Waals surface area contributed by atoms with Crippen molar-refractivity contribution in [1.29, 1.82) is 0 Å². The molecule has 4 heteroatoms. The number of nitrogens with one attached hydrogen (secondary N) is 2. The Balaban J connectivity index is 2.11. The van der Waals surface area contributed by atoms with E-state index in [2.05, 4.69) is 36.7 Å². The number of unbranched alkanes of at least 4 members (excludes halogenated alkanes) is 1. The summed E-state index contributed by atoms with van der Waals surface area (Å²) in [6, 6.07) is 10.3. The number of hydrazine groups is 1. The van der Waals surface area contributed by atoms with Gasteiger partial charge in [0.25, 0.3) is 0 Å². The average molecular weight is 249 g/mol. The zero-order valence-electron chi connectivity index (χ0n) is 10.4. The van der Waals surface area contributed by atoms with Gasteiger partial charge in [-0.1, -0.05) is 43.7 Å². The number of rotatable bonds is 4. The summed E-state index contributed by atoms with van der Waals surface area (Å²) in [5.41, 5.74) is 4.36. The summed E-state index contributed by atoms with van der Waals surface area (Å²) in [7, 11) is 0. The fraction of sp³-hybridized carbons (Fsp3) is 0.462. The highest BCUT2D eigenvalue weighted by Crippen LogP contribution is 2.22. The van der Waals surface area contributed by atoms with Crippen LogP contribution in [0.15, 0.2) is 30.3 Å². The van der Waals surface area contributed by atoms with Crippen LogP contribution < -0.4 is 10.7 Å². The number of benzene rings is 1. The summed E-state index contributed by atoms with van der Waals surface area (Å²) >= 11 is 5.36. The largest absolute Gasteiger partial charge is 0.338 e. The Morgan fingerprint density at radius 3 is 2.65 bits per heavy atom. The molecule has 1 fully saturated rings. The SMILES string of the molecule is CCCCN1NC(C)(c2ccccc2)NC1=S. The highest BCUT2D eigenvalue weighted by molar-refractivity contribution is 7.80. The second-order valence-electron chi connectivity index (χ2n) is 4.54. The fourth-order valence-corrected chi connectivity index (χ4v) is 2.35. The minimum Gasteiger partial charge on any atom is -0.338 e. The van der Waals surface area contributed by atoms with Crippen LogP contribution in [0.25, 0.3) is 0 Å². The van der Waals surface area contributed by atoms with Gasteiger partial charge in [0.2, 0.25) is 0 Å². The molecule has 1 unspecified atom stereocenters. The monoisotopic (exact) mass is 249 g/mol. The Hall–Kier alpha value is -1.13. The molecule has 2 N–H and O–H groups in total. The van der Waals surface area contributed by atoms with Crippen LogP contribution in [-0.4, -0.2) is 16.7 Å². The van der Waals surface area contributed by atoms with E-state index in [1.54, 1.807) is 0 Å². The maximum Gasteiger partial charge on any atom is 0.185 e. The molecular formula is C13H19N3S. The van der Waals surface area contributed by atoms with E-state index in [0.29, 0.717) is 0 Å². The average Bonchev–Trinajstić information content (AvgIpc) is 2.64. The molecule has 92 valence electrons. The van der Waals surface area contributed by atoms with Gasteiger partial charge in [0.15, 0.2) is 5.11 Å². The number of thiocarbonyl (C=S) groups is 1. The number of nitrogens with zero attached hydrogens (tertiary/aromatic N) is 1. The second-order valence-corrected chi connectivity index (χ2v) is 4.92. The Labute approximate surface area is 108 Å². The first kappa shape index (κ1) is 12.3. The van der Waals surface area contributed by atoms with Gasteiger partial charge in [0.1, 0.15) is 5.66 Å². The van der Waals surface area contributed by atoms with Crippen molar-refractivity contribution in [2.45, 2.75) is 32.4 Å². The predicted octanol–water partition coefficient (Wildman–Crippen LogP) is 2.35. The zero-order valence-corrected chi connectivity index (χ0v) is 11.2. The van der Waals surface area contributed by atoms with E-state index in [0.717, 1.165) is 18.1 Å². The van der Waals surface area contributed by atoms with Crippen molar-refractivity contribution >= 4 is 17.3 Å². The molecular weight excluding hydrogens is 230 g/mol. The lowest BCUT2D eigenvalue weighted by atomic mass is 10.0. The molecule has 0 spiro atoms. The first-order valence-corrected chi connectivity index (χ1v) is 6.49. The molecule has 1 aliphatic heterocycles. The maximum atomic E-state index is 5.36. The van der Waals surface area contributed by atoms with Crippen molar-refractivity contribution in [2.24, 2.45) is 0 Å². The Kier molecular flexibility index (Phi) is 3.64. The van der Waals surface area contributed by atoms with Crippen LogP contribution in [-0.2, 0) is 5.66 Å². The summed E-state index contributed by atoms with van der Waals surface area (Å²) in [4.78, 5) is 0. The molecule has 1 saturated heterocycles.